The van der Waals surface area contributed by atoms with Gasteiger partial charge in [-0.1, -0.05) is 34.1 Å². The first-order chi connectivity index (χ1) is 8.81. The Morgan fingerprint density at radius 2 is 1.79 bits per heavy atom. The fourth-order valence-corrected chi connectivity index (χ4v) is 1.75. The molecule has 2 amide bonds. The van der Waals surface area contributed by atoms with E-state index in [1.54, 1.807) is 4.90 Å². The van der Waals surface area contributed by atoms with Crippen molar-refractivity contribution >= 4 is 12.0 Å². The zero-order chi connectivity index (χ0) is 15.0. The lowest BCUT2D eigenvalue weighted by Gasteiger charge is -2.28. The van der Waals surface area contributed by atoms with Gasteiger partial charge in [0.15, 0.2) is 0 Å². The largest absolute Gasteiger partial charge is 0.481 e. The van der Waals surface area contributed by atoms with Crippen molar-refractivity contribution < 1.29 is 14.7 Å². The molecule has 0 heterocycles. The first kappa shape index (κ1) is 17.7. The lowest BCUT2D eigenvalue weighted by molar-refractivity contribution is -0.137. The molecule has 2 unspecified atom stereocenters. The van der Waals surface area contributed by atoms with E-state index in [0.717, 1.165) is 6.42 Å². The molecule has 0 aliphatic heterocycles. The van der Waals surface area contributed by atoms with Gasteiger partial charge in [-0.15, -0.1) is 0 Å². The van der Waals surface area contributed by atoms with Gasteiger partial charge in [-0.2, -0.15) is 0 Å². The first-order valence-electron chi connectivity index (χ1n) is 7.08. The summed E-state index contributed by atoms with van der Waals surface area (Å²) in [5.41, 5.74) is 0. The lowest BCUT2D eigenvalue weighted by atomic mass is 10.0. The summed E-state index contributed by atoms with van der Waals surface area (Å²) in [6.45, 7) is 11.3. The van der Waals surface area contributed by atoms with Gasteiger partial charge in [0.1, 0.15) is 0 Å². The maximum Gasteiger partial charge on any atom is 0.317 e. The van der Waals surface area contributed by atoms with Crippen LogP contribution in [-0.2, 0) is 4.79 Å². The zero-order valence-electron chi connectivity index (χ0n) is 12.8. The Hall–Kier alpha value is -1.26. The molecule has 0 spiro atoms. The van der Waals surface area contributed by atoms with Crippen LogP contribution < -0.4 is 5.32 Å². The number of nitrogens with zero attached hydrogens (tertiary/aromatic N) is 1. The van der Waals surface area contributed by atoms with Gasteiger partial charge in [0, 0.05) is 19.1 Å². The molecule has 112 valence electrons. The van der Waals surface area contributed by atoms with Crippen molar-refractivity contribution in [1.29, 1.82) is 0 Å². The van der Waals surface area contributed by atoms with E-state index in [2.05, 4.69) is 19.2 Å². The van der Waals surface area contributed by atoms with Crippen molar-refractivity contribution in [2.75, 3.05) is 13.1 Å². The molecular formula is C14H28N2O3. The van der Waals surface area contributed by atoms with Crippen LogP contribution in [0.15, 0.2) is 0 Å². The summed E-state index contributed by atoms with van der Waals surface area (Å²) in [6.07, 6.45) is 0.983. The highest BCUT2D eigenvalue weighted by molar-refractivity contribution is 5.76. The van der Waals surface area contributed by atoms with E-state index in [0.29, 0.717) is 19.0 Å². The number of urea groups is 1. The normalized spacial score (nSPS) is 14.0. The highest BCUT2D eigenvalue weighted by Crippen LogP contribution is 2.09. The lowest BCUT2D eigenvalue weighted by Crippen LogP contribution is -2.48. The summed E-state index contributed by atoms with van der Waals surface area (Å²) in [4.78, 5) is 24.7. The summed E-state index contributed by atoms with van der Waals surface area (Å²) < 4.78 is 0. The van der Waals surface area contributed by atoms with Crippen LogP contribution in [0.25, 0.3) is 0 Å². The highest BCUT2D eigenvalue weighted by atomic mass is 16.4. The summed E-state index contributed by atoms with van der Waals surface area (Å²) >= 11 is 0. The Morgan fingerprint density at radius 3 is 2.16 bits per heavy atom. The molecule has 0 aromatic heterocycles. The molecule has 2 N–H and O–H groups in total. The molecule has 0 bridgehead atoms. The molecule has 0 saturated carbocycles. The molecule has 0 fully saturated rings. The number of carboxylic acids is 1. The van der Waals surface area contributed by atoms with E-state index in [1.807, 2.05) is 20.8 Å². The number of carbonyl (C=O) groups excluding carboxylic acids is 1. The van der Waals surface area contributed by atoms with Crippen molar-refractivity contribution in [1.82, 2.24) is 10.2 Å². The van der Waals surface area contributed by atoms with Gasteiger partial charge in [0.05, 0.1) is 6.42 Å². The zero-order valence-corrected chi connectivity index (χ0v) is 12.8. The van der Waals surface area contributed by atoms with E-state index in [1.165, 1.54) is 0 Å². The Morgan fingerprint density at radius 1 is 1.21 bits per heavy atom. The average Bonchev–Trinajstić information content (AvgIpc) is 2.33. The van der Waals surface area contributed by atoms with Crippen molar-refractivity contribution in [3.63, 3.8) is 0 Å². The third-order valence-corrected chi connectivity index (χ3v) is 3.41. The molecular weight excluding hydrogens is 244 g/mol. The number of carboxylic acid groups (broad SMARTS) is 1. The van der Waals surface area contributed by atoms with Gasteiger partial charge in [0.2, 0.25) is 0 Å². The molecule has 0 aromatic rings. The van der Waals surface area contributed by atoms with Crippen molar-refractivity contribution in [2.24, 2.45) is 11.8 Å². The SMILES string of the molecule is CCC(C)CN(CC)C(=O)NC(CC(=O)O)C(C)C. The summed E-state index contributed by atoms with van der Waals surface area (Å²) in [6, 6.07) is -0.487. The Labute approximate surface area is 116 Å². The maximum atomic E-state index is 12.1. The van der Waals surface area contributed by atoms with Crippen LogP contribution in [0.4, 0.5) is 4.79 Å². The van der Waals surface area contributed by atoms with E-state index >= 15 is 0 Å². The number of aliphatic carboxylic acids is 1. The Bertz CT molecular complexity index is 292. The molecule has 19 heavy (non-hydrogen) atoms. The van der Waals surface area contributed by atoms with Crippen LogP contribution in [0.1, 0.15) is 47.5 Å². The molecule has 0 radical (unpaired) electrons. The van der Waals surface area contributed by atoms with E-state index in [-0.39, 0.29) is 24.4 Å². The molecule has 2 atom stereocenters. The number of hydrogen-bond acceptors (Lipinski definition) is 2. The smallest absolute Gasteiger partial charge is 0.317 e. The number of amides is 2. The van der Waals surface area contributed by atoms with Gasteiger partial charge >= 0.3 is 12.0 Å². The molecule has 0 aliphatic carbocycles. The Balaban J connectivity index is 4.54. The summed E-state index contributed by atoms with van der Waals surface area (Å²) in [5.74, 6) is -0.339. The van der Waals surface area contributed by atoms with Gasteiger partial charge in [0.25, 0.3) is 0 Å². The number of hydrogen-bond donors (Lipinski definition) is 2. The predicted molar refractivity (Wildman–Crippen MR) is 76.1 cm³/mol. The van der Waals surface area contributed by atoms with Gasteiger partial charge in [-0.3, -0.25) is 4.79 Å². The molecule has 5 nitrogen and oxygen atoms in total. The Kier molecular flexibility index (Phi) is 8.19. The van der Waals surface area contributed by atoms with Gasteiger partial charge in [-0.25, -0.2) is 4.79 Å². The van der Waals surface area contributed by atoms with E-state index in [4.69, 9.17) is 5.11 Å². The van der Waals surface area contributed by atoms with Crippen LogP contribution in [0.5, 0.6) is 0 Å². The van der Waals surface area contributed by atoms with E-state index < -0.39 is 5.97 Å². The second-order valence-electron chi connectivity index (χ2n) is 5.45. The van der Waals surface area contributed by atoms with Crippen LogP contribution in [0.2, 0.25) is 0 Å². The fraction of sp³-hybridized carbons (Fsp3) is 0.857. The molecule has 0 saturated heterocycles. The summed E-state index contributed by atoms with van der Waals surface area (Å²) in [7, 11) is 0. The topological polar surface area (TPSA) is 69.6 Å². The minimum Gasteiger partial charge on any atom is -0.481 e. The summed E-state index contributed by atoms with van der Waals surface area (Å²) in [5, 5.41) is 11.7. The first-order valence-corrected chi connectivity index (χ1v) is 7.08. The molecule has 5 heteroatoms. The second kappa shape index (κ2) is 8.77. The number of nitrogens with one attached hydrogen (secondary N) is 1. The molecule has 0 aliphatic rings. The third-order valence-electron chi connectivity index (χ3n) is 3.41. The van der Waals surface area contributed by atoms with Crippen LogP contribution >= 0.6 is 0 Å². The van der Waals surface area contributed by atoms with Gasteiger partial charge in [-0.05, 0) is 18.8 Å². The van der Waals surface area contributed by atoms with Crippen LogP contribution in [0, 0.1) is 11.8 Å². The standard InChI is InChI=1S/C14H28N2O3/c1-6-11(5)9-16(7-2)14(19)15-12(10(3)4)8-13(17)18/h10-12H,6-9H2,1-5H3,(H,15,19)(H,17,18). The van der Waals surface area contributed by atoms with Crippen molar-refractivity contribution in [3.8, 4) is 0 Å². The molecule has 0 aromatic carbocycles. The minimum absolute atomic E-state index is 0.0374. The number of carbonyl (C=O) groups is 2. The maximum absolute atomic E-state index is 12.1. The predicted octanol–water partition coefficient (Wildman–Crippen LogP) is 2.56. The fourth-order valence-electron chi connectivity index (χ4n) is 1.75. The monoisotopic (exact) mass is 272 g/mol. The number of rotatable bonds is 8. The highest BCUT2D eigenvalue weighted by Gasteiger charge is 2.22. The van der Waals surface area contributed by atoms with Crippen molar-refractivity contribution in [3.05, 3.63) is 0 Å². The average molecular weight is 272 g/mol. The van der Waals surface area contributed by atoms with E-state index in [9.17, 15) is 9.59 Å². The van der Waals surface area contributed by atoms with Crippen molar-refractivity contribution in [2.45, 2.75) is 53.5 Å². The quantitative estimate of drug-likeness (QED) is 0.713. The minimum atomic E-state index is -0.885. The second-order valence-corrected chi connectivity index (χ2v) is 5.45. The van der Waals surface area contributed by atoms with Gasteiger partial charge < -0.3 is 15.3 Å². The third kappa shape index (κ3) is 7.03. The molecule has 0 rings (SSSR count). The van der Waals surface area contributed by atoms with Crippen LogP contribution in [0.3, 0.4) is 0 Å². The van der Waals surface area contributed by atoms with Crippen LogP contribution in [-0.4, -0.2) is 41.1 Å².